The molecule has 0 aliphatic rings. The third-order valence-electron chi connectivity index (χ3n) is 2.43. The highest BCUT2D eigenvalue weighted by Crippen LogP contribution is 2.12. The highest BCUT2D eigenvalue weighted by Gasteiger charge is 2.14. The molecule has 0 bridgehead atoms. The molecule has 1 rings (SSSR count). The second kappa shape index (κ2) is 5.42. The standard InChI is InChI=1S/C12H17NO3S/c1-10(14)11-4-6-12(7-5-11)17(15,16)9-8-13(2)3/h4-7H,8-9H2,1-3H3. The van der Waals surface area contributed by atoms with Crippen LogP contribution in [0.15, 0.2) is 29.2 Å². The van der Waals surface area contributed by atoms with Gasteiger partial charge in [0.15, 0.2) is 15.6 Å². The van der Waals surface area contributed by atoms with Crippen LogP contribution in [0, 0.1) is 0 Å². The summed E-state index contributed by atoms with van der Waals surface area (Å²) in [4.78, 5) is 13.2. The lowest BCUT2D eigenvalue weighted by atomic mass is 10.2. The predicted octanol–water partition coefficient (Wildman–Crippen LogP) is 1.22. The minimum atomic E-state index is -3.25. The Morgan fingerprint density at radius 2 is 1.71 bits per heavy atom. The SMILES string of the molecule is CC(=O)c1ccc(S(=O)(=O)CCN(C)C)cc1. The Balaban J connectivity index is 2.89. The molecule has 0 saturated heterocycles. The fourth-order valence-electron chi connectivity index (χ4n) is 1.32. The van der Waals surface area contributed by atoms with E-state index in [1.807, 2.05) is 19.0 Å². The van der Waals surface area contributed by atoms with E-state index in [9.17, 15) is 13.2 Å². The zero-order valence-electron chi connectivity index (χ0n) is 10.3. The molecule has 94 valence electrons. The molecule has 0 heterocycles. The fourth-order valence-corrected chi connectivity index (χ4v) is 2.71. The van der Waals surface area contributed by atoms with Crippen molar-refractivity contribution in [3.05, 3.63) is 29.8 Å². The van der Waals surface area contributed by atoms with E-state index in [1.165, 1.54) is 19.1 Å². The van der Waals surface area contributed by atoms with Gasteiger partial charge in [-0.15, -0.1) is 0 Å². The molecule has 0 radical (unpaired) electrons. The maximum atomic E-state index is 11.9. The molecule has 0 N–H and O–H groups in total. The van der Waals surface area contributed by atoms with Crippen molar-refractivity contribution < 1.29 is 13.2 Å². The molecule has 4 nitrogen and oxygen atoms in total. The topological polar surface area (TPSA) is 54.5 Å². The van der Waals surface area contributed by atoms with Gasteiger partial charge in [0, 0.05) is 12.1 Å². The normalized spacial score (nSPS) is 11.8. The maximum absolute atomic E-state index is 11.9. The lowest BCUT2D eigenvalue weighted by molar-refractivity contribution is 0.101. The van der Waals surface area contributed by atoms with E-state index in [-0.39, 0.29) is 16.4 Å². The summed E-state index contributed by atoms with van der Waals surface area (Å²) < 4.78 is 23.8. The number of nitrogens with zero attached hydrogens (tertiary/aromatic N) is 1. The summed E-state index contributed by atoms with van der Waals surface area (Å²) in [5, 5.41) is 0. The van der Waals surface area contributed by atoms with Crippen LogP contribution in [-0.2, 0) is 9.84 Å². The van der Waals surface area contributed by atoms with Gasteiger partial charge in [-0.25, -0.2) is 8.42 Å². The van der Waals surface area contributed by atoms with Crippen LogP contribution in [0.4, 0.5) is 0 Å². The average molecular weight is 255 g/mol. The molecule has 5 heteroatoms. The van der Waals surface area contributed by atoms with Crippen LogP contribution in [0.2, 0.25) is 0 Å². The second-order valence-electron chi connectivity index (χ2n) is 4.20. The van der Waals surface area contributed by atoms with Crippen molar-refractivity contribution in [1.82, 2.24) is 4.90 Å². The minimum absolute atomic E-state index is 0.0674. The molecule has 0 amide bonds. The van der Waals surface area contributed by atoms with Crippen molar-refractivity contribution in [3.63, 3.8) is 0 Å². The number of sulfone groups is 1. The first-order valence-electron chi connectivity index (χ1n) is 5.31. The molecule has 0 aliphatic heterocycles. The summed E-state index contributed by atoms with van der Waals surface area (Å²) >= 11 is 0. The first-order chi connectivity index (χ1) is 7.83. The van der Waals surface area contributed by atoms with Gasteiger partial charge in [-0.05, 0) is 33.2 Å². The summed E-state index contributed by atoms with van der Waals surface area (Å²) in [5.74, 6) is 0.0154. The quantitative estimate of drug-likeness (QED) is 0.742. The zero-order valence-corrected chi connectivity index (χ0v) is 11.1. The van der Waals surface area contributed by atoms with Gasteiger partial charge in [-0.3, -0.25) is 4.79 Å². The van der Waals surface area contributed by atoms with E-state index in [2.05, 4.69) is 0 Å². The van der Waals surface area contributed by atoms with Crippen molar-refractivity contribution in [2.45, 2.75) is 11.8 Å². The van der Waals surface area contributed by atoms with Crippen LogP contribution in [0.3, 0.4) is 0 Å². The molecular formula is C12H17NO3S. The van der Waals surface area contributed by atoms with Gasteiger partial charge in [0.2, 0.25) is 0 Å². The van der Waals surface area contributed by atoms with Gasteiger partial charge in [-0.1, -0.05) is 12.1 Å². The Labute approximate surface area is 102 Å². The summed E-state index contributed by atoms with van der Waals surface area (Å²) in [6.45, 7) is 1.94. The molecule has 0 fully saturated rings. The first kappa shape index (κ1) is 13.9. The van der Waals surface area contributed by atoms with Crippen LogP contribution < -0.4 is 0 Å². The van der Waals surface area contributed by atoms with Crippen LogP contribution in [0.5, 0.6) is 0 Å². The minimum Gasteiger partial charge on any atom is -0.308 e. The summed E-state index contributed by atoms with van der Waals surface area (Å²) in [7, 11) is 0.405. The summed E-state index contributed by atoms with van der Waals surface area (Å²) in [5.41, 5.74) is 0.525. The Hall–Kier alpha value is -1.20. The first-order valence-corrected chi connectivity index (χ1v) is 6.96. The molecule has 0 spiro atoms. The van der Waals surface area contributed by atoms with Crippen molar-refractivity contribution in [2.75, 3.05) is 26.4 Å². The van der Waals surface area contributed by atoms with Crippen molar-refractivity contribution >= 4 is 15.6 Å². The van der Waals surface area contributed by atoms with Crippen molar-refractivity contribution in [3.8, 4) is 0 Å². The molecule has 0 unspecified atom stereocenters. The van der Waals surface area contributed by atoms with Gasteiger partial charge >= 0.3 is 0 Å². The number of ketones is 1. The van der Waals surface area contributed by atoms with Crippen LogP contribution >= 0.6 is 0 Å². The molecule has 0 aromatic heterocycles. The predicted molar refractivity (Wildman–Crippen MR) is 67.1 cm³/mol. The number of Topliss-reactive ketones (excluding diaryl/α,β-unsaturated/α-hetero) is 1. The molecule has 1 aromatic carbocycles. The van der Waals surface area contributed by atoms with Gasteiger partial charge < -0.3 is 4.90 Å². The highest BCUT2D eigenvalue weighted by atomic mass is 32.2. The van der Waals surface area contributed by atoms with Crippen molar-refractivity contribution in [2.24, 2.45) is 0 Å². The Kier molecular flexibility index (Phi) is 4.42. The van der Waals surface area contributed by atoms with Crippen LogP contribution in [-0.4, -0.2) is 45.5 Å². The number of carbonyl (C=O) groups excluding carboxylic acids is 1. The molecule has 0 atom stereocenters. The molecule has 0 saturated carbocycles. The number of carbonyl (C=O) groups is 1. The van der Waals surface area contributed by atoms with Gasteiger partial charge in [-0.2, -0.15) is 0 Å². The third-order valence-corrected chi connectivity index (χ3v) is 4.14. The van der Waals surface area contributed by atoms with E-state index >= 15 is 0 Å². The molecular weight excluding hydrogens is 238 g/mol. The fraction of sp³-hybridized carbons (Fsp3) is 0.417. The number of hydrogen-bond acceptors (Lipinski definition) is 4. The smallest absolute Gasteiger partial charge is 0.179 e. The Morgan fingerprint density at radius 3 is 2.12 bits per heavy atom. The lowest BCUT2D eigenvalue weighted by Crippen LogP contribution is -2.21. The van der Waals surface area contributed by atoms with E-state index in [1.54, 1.807) is 12.1 Å². The summed E-state index contributed by atoms with van der Waals surface area (Å²) in [6, 6.07) is 6.07. The summed E-state index contributed by atoms with van der Waals surface area (Å²) in [6.07, 6.45) is 0. The van der Waals surface area contributed by atoms with E-state index < -0.39 is 9.84 Å². The average Bonchev–Trinajstić information content (AvgIpc) is 2.27. The van der Waals surface area contributed by atoms with Gasteiger partial charge in [0.1, 0.15) is 0 Å². The monoisotopic (exact) mass is 255 g/mol. The molecule has 0 aliphatic carbocycles. The lowest BCUT2D eigenvalue weighted by Gasteiger charge is -2.10. The molecule has 1 aromatic rings. The number of hydrogen-bond donors (Lipinski definition) is 0. The van der Waals surface area contributed by atoms with E-state index in [0.29, 0.717) is 12.1 Å². The van der Waals surface area contributed by atoms with E-state index in [4.69, 9.17) is 0 Å². The highest BCUT2D eigenvalue weighted by molar-refractivity contribution is 7.91. The number of benzene rings is 1. The van der Waals surface area contributed by atoms with Gasteiger partial charge in [0.05, 0.1) is 10.6 Å². The largest absolute Gasteiger partial charge is 0.308 e. The Morgan fingerprint density at radius 1 is 1.18 bits per heavy atom. The number of rotatable bonds is 5. The van der Waals surface area contributed by atoms with E-state index in [0.717, 1.165) is 0 Å². The third kappa shape index (κ3) is 3.94. The van der Waals surface area contributed by atoms with Crippen LogP contribution in [0.25, 0.3) is 0 Å². The molecule has 17 heavy (non-hydrogen) atoms. The second-order valence-corrected chi connectivity index (χ2v) is 6.31. The zero-order chi connectivity index (χ0) is 13.1. The Bertz CT molecular complexity index is 489. The van der Waals surface area contributed by atoms with Crippen LogP contribution in [0.1, 0.15) is 17.3 Å². The van der Waals surface area contributed by atoms with Crippen molar-refractivity contribution in [1.29, 1.82) is 0 Å². The maximum Gasteiger partial charge on any atom is 0.179 e. The van der Waals surface area contributed by atoms with Gasteiger partial charge in [0.25, 0.3) is 0 Å².